The molecule has 0 saturated heterocycles. The van der Waals surface area contributed by atoms with Gasteiger partial charge in [-0.3, -0.25) is 4.79 Å². The number of amides is 1. The first-order valence-electron chi connectivity index (χ1n) is 5.06. The minimum Gasteiger partial charge on any atom is -0.373 e. The van der Waals surface area contributed by atoms with Crippen molar-refractivity contribution in [3.05, 3.63) is 36.0 Å². The van der Waals surface area contributed by atoms with Crippen LogP contribution >= 0.6 is 0 Å². The van der Waals surface area contributed by atoms with E-state index in [1.165, 1.54) is 0 Å². The van der Waals surface area contributed by atoms with Crippen LogP contribution in [0.25, 0.3) is 10.8 Å². The summed E-state index contributed by atoms with van der Waals surface area (Å²) in [5.74, 6) is 0.541. The second-order valence-electron chi connectivity index (χ2n) is 3.41. The molecule has 1 aromatic heterocycles. The van der Waals surface area contributed by atoms with Crippen molar-refractivity contribution >= 4 is 22.5 Å². The van der Waals surface area contributed by atoms with E-state index in [2.05, 4.69) is 15.6 Å². The van der Waals surface area contributed by atoms with Crippen LogP contribution in [0.3, 0.4) is 0 Å². The summed E-state index contributed by atoms with van der Waals surface area (Å²) in [5.41, 5.74) is 0.422. The van der Waals surface area contributed by atoms with Crippen LogP contribution in [0, 0.1) is 0 Å². The van der Waals surface area contributed by atoms with E-state index in [0.29, 0.717) is 5.69 Å². The van der Waals surface area contributed by atoms with Gasteiger partial charge < -0.3 is 10.6 Å². The van der Waals surface area contributed by atoms with Gasteiger partial charge in [-0.1, -0.05) is 24.3 Å². The minimum absolute atomic E-state index is 0.178. The fraction of sp³-hybridized carbons (Fsp3) is 0.167. The van der Waals surface area contributed by atoms with Crippen molar-refractivity contribution < 1.29 is 4.79 Å². The van der Waals surface area contributed by atoms with Crippen molar-refractivity contribution in [1.82, 2.24) is 10.3 Å². The van der Waals surface area contributed by atoms with E-state index in [1.807, 2.05) is 24.3 Å². The van der Waals surface area contributed by atoms with Crippen LogP contribution in [-0.2, 0) is 0 Å². The van der Waals surface area contributed by atoms with Crippen LogP contribution in [0.5, 0.6) is 0 Å². The normalized spacial score (nSPS) is 10.1. The van der Waals surface area contributed by atoms with Crippen LogP contribution in [0.4, 0.5) is 5.82 Å². The third-order valence-corrected chi connectivity index (χ3v) is 2.44. The zero-order valence-electron chi connectivity index (χ0n) is 9.24. The van der Waals surface area contributed by atoms with Gasteiger partial charge in [0.1, 0.15) is 11.5 Å². The number of carbonyl (C=O) groups is 1. The van der Waals surface area contributed by atoms with Crippen LogP contribution in [0.15, 0.2) is 30.3 Å². The van der Waals surface area contributed by atoms with E-state index in [4.69, 9.17) is 0 Å². The van der Waals surface area contributed by atoms with Crippen LogP contribution in [0.2, 0.25) is 0 Å². The second-order valence-corrected chi connectivity index (χ2v) is 3.41. The Morgan fingerprint density at radius 2 is 2.00 bits per heavy atom. The predicted octanol–water partition coefficient (Wildman–Crippen LogP) is 1.64. The maximum atomic E-state index is 11.5. The number of anilines is 1. The maximum Gasteiger partial charge on any atom is 0.269 e. The number of fused-ring (bicyclic) bond motifs is 1. The molecule has 0 aliphatic heterocycles. The van der Waals surface area contributed by atoms with Gasteiger partial charge in [-0.05, 0) is 11.5 Å². The molecule has 16 heavy (non-hydrogen) atoms. The summed E-state index contributed by atoms with van der Waals surface area (Å²) in [5, 5.41) is 7.58. The van der Waals surface area contributed by atoms with Gasteiger partial charge in [0.2, 0.25) is 0 Å². The highest BCUT2D eigenvalue weighted by Gasteiger charge is 2.09. The average molecular weight is 215 g/mol. The lowest BCUT2D eigenvalue weighted by molar-refractivity contribution is 0.0958. The number of nitrogens with one attached hydrogen (secondary N) is 2. The van der Waals surface area contributed by atoms with Crippen molar-refractivity contribution in [1.29, 1.82) is 0 Å². The van der Waals surface area contributed by atoms with Crippen molar-refractivity contribution in [2.45, 2.75) is 0 Å². The SMILES string of the molecule is CNC(=O)c1cc2ccccc2c(NC)n1. The molecule has 82 valence electrons. The number of carbonyl (C=O) groups excluding carboxylic acids is 1. The molecule has 2 aromatic rings. The molecule has 0 spiro atoms. The number of pyridine rings is 1. The van der Waals surface area contributed by atoms with Gasteiger partial charge in [-0.25, -0.2) is 4.98 Å². The first kappa shape index (κ1) is 10.4. The maximum absolute atomic E-state index is 11.5. The Balaban J connectivity index is 2.68. The smallest absolute Gasteiger partial charge is 0.269 e. The molecule has 0 fully saturated rings. The molecule has 1 aromatic carbocycles. The summed E-state index contributed by atoms with van der Waals surface area (Å²) in [6.45, 7) is 0. The van der Waals surface area contributed by atoms with E-state index in [9.17, 15) is 4.79 Å². The third kappa shape index (κ3) is 1.69. The molecular formula is C12H13N3O. The Bertz CT molecular complexity index is 537. The molecule has 4 nitrogen and oxygen atoms in total. The topological polar surface area (TPSA) is 54.0 Å². The quantitative estimate of drug-likeness (QED) is 0.800. The fourth-order valence-corrected chi connectivity index (χ4v) is 1.63. The molecule has 0 atom stereocenters. The number of nitrogens with zero attached hydrogens (tertiary/aromatic N) is 1. The van der Waals surface area contributed by atoms with Crippen LogP contribution in [-0.4, -0.2) is 25.0 Å². The molecule has 4 heteroatoms. The summed E-state index contributed by atoms with van der Waals surface area (Å²) < 4.78 is 0. The van der Waals surface area contributed by atoms with Gasteiger partial charge in [0.05, 0.1) is 0 Å². The molecule has 1 amide bonds. The molecule has 0 bridgehead atoms. The largest absolute Gasteiger partial charge is 0.373 e. The molecule has 0 aliphatic rings. The first-order valence-corrected chi connectivity index (χ1v) is 5.06. The van der Waals surface area contributed by atoms with E-state index < -0.39 is 0 Å². The molecule has 0 aliphatic carbocycles. The summed E-state index contributed by atoms with van der Waals surface area (Å²) in [7, 11) is 3.39. The van der Waals surface area contributed by atoms with Crippen molar-refractivity contribution in [3.63, 3.8) is 0 Å². The van der Waals surface area contributed by atoms with Gasteiger partial charge in [-0.15, -0.1) is 0 Å². The predicted molar refractivity (Wildman–Crippen MR) is 64.7 cm³/mol. The number of aromatic nitrogens is 1. The van der Waals surface area contributed by atoms with E-state index >= 15 is 0 Å². The molecule has 2 N–H and O–H groups in total. The Kier molecular flexibility index (Phi) is 2.72. The standard InChI is InChI=1S/C12H13N3O/c1-13-11-9-6-4-3-5-8(9)7-10(15-11)12(16)14-2/h3-7H,1-2H3,(H,13,15)(H,14,16). The van der Waals surface area contributed by atoms with Crippen molar-refractivity contribution in [3.8, 4) is 0 Å². The Morgan fingerprint density at radius 3 is 2.69 bits per heavy atom. The zero-order chi connectivity index (χ0) is 11.5. The van der Waals surface area contributed by atoms with Crippen molar-refractivity contribution in [2.75, 3.05) is 19.4 Å². The third-order valence-electron chi connectivity index (χ3n) is 2.44. The van der Waals surface area contributed by atoms with Gasteiger partial charge in [0.25, 0.3) is 5.91 Å². The number of hydrogen-bond donors (Lipinski definition) is 2. The molecule has 2 rings (SSSR count). The lowest BCUT2D eigenvalue weighted by Crippen LogP contribution is -2.19. The Morgan fingerprint density at radius 1 is 1.25 bits per heavy atom. The number of rotatable bonds is 2. The lowest BCUT2D eigenvalue weighted by Gasteiger charge is -2.07. The van der Waals surface area contributed by atoms with Gasteiger partial charge in [0.15, 0.2) is 0 Å². The van der Waals surface area contributed by atoms with Gasteiger partial charge >= 0.3 is 0 Å². The average Bonchev–Trinajstić information content (AvgIpc) is 2.36. The second kappa shape index (κ2) is 4.18. The van der Waals surface area contributed by atoms with Gasteiger partial charge in [-0.2, -0.15) is 0 Å². The summed E-state index contributed by atoms with van der Waals surface area (Å²) in [6, 6.07) is 9.61. The molecule has 1 heterocycles. The summed E-state index contributed by atoms with van der Waals surface area (Å²) in [6.07, 6.45) is 0. The fourth-order valence-electron chi connectivity index (χ4n) is 1.63. The highest BCUT2D eigenvalue weighted by molar-refractivity contribution is 6.00. The number of hydrogen-bond acceptors (Lipinski definition) is 3. The van der Waals surface area contributed by atoms with Crippen molar-refractivity contribution in [2.24, 2.45) is 0 Å². The van der Waals surface area contributed by atoms with Crippen LogP contribution < -0.4 is 10.6 Å². The molecule has 0 unspecified atom stereocenters. The number of benzene rings is 1. The van der Waals surface area contributed by atoms with Gasteiger partial charge in [0, 0.05) is 19.5 Å². The first-order chi connectivity index (χ1) is 7.76. The zero-order valence-corrected chi connectivity index (χ0v) is 9.24. The highest BCUT2D eigenvalue weighted by atomic mass is 16.1. The summed E-state index contributed by atoms with van der Waals surface area (Å²) in [4.78, 5) is 15.8. The Hall–Kier alpha value is -2.10. The molecule has 0 saturated carbocycles. The monoisotopic (exact) mass is 215 g/mol. The minimum atomic E-state index is -0.178. The summed E-state index contributed by atoms with van der Waals surface area (Å²) >= 11 is 0. The molecule has 0 radical (unpaired) electrons. The van der Waals surface area contributed by atoms with E-state index in [-0.39, 0.29) is 5.91 Å². The van der Waals surface area contributed by atoms with E-state index in [0.717, 1.165) is 16.6 Å². The van der Waals surface area contributed by atoms with E-state index in [1.54, 1.807) is 20.2 Å². The Labute approximate surface area is 93.7 Å². The molecular weight excluding hydrogens is 202 g/mol. The van der Waals surface area contributed by atoms with Crippen LogP contribution in [0.1, 0.15) is 10.5 Å². The lowest BCUT2D eigenvalue weighted by atomic mass is 10.1. The highest BCUT2D eigenvalue weighted by Crippen LogP contribution is 2.21.